The summed E-state index contributed by atoms with van der Waals surface area (Å²) in [5.74, 6) is 1.49. The highest BCUT2D eigenvalue weighted by Gasteiger charge is 2.14. The van der Waals surface area contributed by atoms with E-state index in [4.69, 9.17) is 21.1 Å². The molecule has 0 amide bonds. The molecule has 6 heteroatoms. The van der Waals surface area contributed by atoms with Crippen LogP contribution in [-0.4, -0.2) is 39.2 Å². The second-order valence-corrected chi connectivity index (χ2v) is 7.60. The van der Waals surface area contributed by atoms with Gasteiger partial charge in [0, 0.05) is 21.6 Å². The van der Waals surface area contributed by atoms with Gasteiger partial charge in [-0.05, 0) is 63.4 Å². The summed E-state index contributed by atoms with van der Waals surface area (Å²) in [6, 6.07) is 11.6. The molecule has 0 aliphatic carbocycles. The second kappa shape index (κ2) is 10.8. The predicted octanol–water partition coefficient (Wildman–Crippen LogP) is 4.73. The maximum absolute atomic E-state index is 6.11. The van der Waals surface area contributed by atoms with Crippen LogP contribution in [0, 0.1) is 0 Å². The number of rotatable bonds is 10. The fraction of sp³-hybridized carbons (Fsp3) is 0.400. The molecule has 0 spiro atoms. The summed E-state index contributed by atoms with van der Waals surface area (Å²) in [6.45, 7) is 3.17. The zero-order valence-corrected chi connectivity index (χ0v) is 17.9. The molecule has 0 atom stereocenters. The second-order valence-electron chi connectivity index (χ2n) is 6.31. The number of nitrogens with zero attached hydrogens (tertiary/aromatic N) is 1. The van der Waals surface area contributed by atoms with Crippen LogP contribution in [0.25, 0.3) is 0 Å². The first kappa shape index (κ1) is 21.0. The summed E-state index contributed by atoms with van der Waals surface area (Å²) in [4.78, 5) is 2.18. The maximum Gasteiger partial charge on any atom is 0.167 e. The lowest BCUT2D eigenvalue weighted by Gasteiger charge is -2.17. The van der Waals surface area contributed by atoms with Gasteiger partial charge in [0.2, 0.25) is 0 Å². The van der Waals surface area contributed by atoms with Gasteiger partial charge in [0.1, 0.15) is 6.61 Å². The van der Waals surface area contributed by atoms with Crippen molar-refractivity contribution in [3.63, 3.8) is 0 Å². The monoisotopic (exact) mass is 440 g/mol. The number of halogens is 2. The SMILES string of the molecule is COc1ccc(Br)c(CNCCCN(C)C)c1OCc1ccc(Cl)cc1. The summed E-state index contributed by atoms with van der Waals surface area (Å²) in [7, 11) is 5.83. The molecule has 0 aliphatic heterocycles. The van der Waals surface area contributed by atoms with E-state index in [-0.39, 0.29) is 0 Å². The quantitative estimate of drug-likeness (QED) is 0.540. The lowest BCUT2D eigenvalue weighted by Crippen LogP contribution is -2.21. The van der Waals surface area contributed by atoms with E-state index in [1.807, 2.05) is 36.4 Å². The Hall–Kier alpha value is -1.27. The van der Waals surface area contributed by atoms with Gasteiger partial charge in [0.25, 0.3) is 0 Å². The average Bonchev–Trinajstić information content (AvgIpc) is 2.62. The Morgan fingerprint density at radius 3 is 2.50 bits per heavy atom. The highest BCUT2D eigenvalue weighted by molar-refractivity contribution is 9.10. The highest BCUT2D eigenvalue weighted by Crippen LogP contribution is 2.36. The lowest BCUT2D eigenvalue weighted by molar-refractivity contribution is 0.280. The van der Waals surface area contributed by atoms with E-state index in [2.05, 4.69) is 40.2 Å². The molecule has 2 aromatic rings. The van der Waals surface area contributed by atoms with E-state index >= 15 is 0 Å². The zero-order valence-electron chi connectivity index (χ0n) is 15.5. The molecule has 0 aromatic heterocycles. The molecule has 26 heavy (non-hydrogen) atoms. The molecule has 2 aromatic carbocycles. The van der Waals surface area contributed by atoms with E-state index < -0.39 is 0 Å². The number of methoxy groups -OCH3 is 1. The van der Waals surface area contributed by atoms with Crippen molar-refractivity contribution in [1.82, 2.24) is 10.2 Å². The van der Waals surface area contributed by atoms with Crippen molar-refractivity contribution in [3.8, 4) is 11.5 Å². The van der Waals surface area contributed by atoms with Crippen LogP contribution in [0.1, 0.15) is 17.5 Å². The zero-order chi connectivity index (χ0) is 18.9. The minimum Gasteiger partial charge on any atom is -0.493 e. The van der Waals surface area contributed by atoms with Gasteiger partial charge < -0.3 is 19.7 Å². The molecule has 0 heterocycles. The van der Waals surface area contributed by atoms with Crippen LogP contribution in [0.4, 0.5) is 0 Å². The molecule has 0 fully saturated rings. The molecule has 0 saturated carbocycles. The normalized spacial score (nSPS) is 11.0. The van der Waals surface area contributed by atoms with Crippen molar-refractivity contribution in [2.24, 2.45) is 0 Å². The van der Waals surface area contributed by atoms with Crippen molar-refractivity contribution in [2.75, 3.05) is 34.3 Å². The molecule has 0 unspecified atom stereocenters. The number of hydrogen-bond donors (Lipinski definition) is 1. The van der Waals surface area contributed by atoms with Crippen LogP contribution in [0.2, 0.25) is 5.02 Å². The Kier molecular flexibility index (Phi) is 8.72. The predicted molar refractivity (Wildman–Crippen MR) is 111 cm³/mol. The molecule has 0 aliphatic rings. The standard InChI is InChI=1S/C20H26BrClN2O2/c1-24(2)12-4-11-23-13-17-18(21)9-10-19(25-3)20(17)26-14-15-5-7-16(22)8-6-15/h5-10,23H,4,11-14H2,1-3H3. The molecule has 0 radical (unpaired) electrons. The van der Waals surface area contributed by atoms with Crippen molar-refractivity contribution in [2.45, 2.75) is 19.6 Å². The molecule has 142 valence electrons. The van der Waals surface area contributed by atoms with Gasteiger partial charge in [-0.3, -0.25) is 0 Å². The Balaban J connectivity index is 2.06. The van der Waals surface area contributed by atoms with E-state index in [9.17, 15) is 0 Å². The van der Waals surface area contributed by atoms with E-state index in [0.717, 1.165) is 51.6 Å². The Labute approximate surface area is 169 Å². The first-order valence-corrected chi connectivity index (χ1v) is 9.76. The Morgan fingerprint density at radius 1 is 1.12 bits per heavy atom. The summed E-state index contributed by atoms with van der Waals surface area (Å²) in [5, 5.41) is 4.20. The average molecular weight is 442 g/mol. The molecule has 0 bridgehead atoms. The van der Waals surface area contributed by atoms with Crippen LogP contribution in [0.5, 0.6) is 11.5 Å². The number of nitrogens with one attached hydrogen (secondary N) is 1. The Bertz CT molecular complexity index is 693. The summed E-state index contributed by atoms with van der Waals surface area (Å²) in [5.41, 5.74) is 2.12. The maximum atomic E-state index is 6.11. The smallest absolute Gasteiger partial charge is 0.167 e. The number of ether oxygens (including phenoxy) is 2. The van der Waals surface area contributed by atoms with Crippen LogP contribution in [-0.2, 0) is 13.2 Å². The summed E-state index contributed by atoms with van der Waals surface area (Å²) < 4.78 is 12.6. The third-order valence-electron chi connectivity index (χ3n) is 3.94. The molecular formula is C20H26BrClN2O2. The van der Waals surface area contributed by atoms with E-state index in [1.54, 1.807) is 7.11 Å². The first-order valence-electron chi connectivity index (χ1n) is 8.59. The van der Waals surface area contributed by atoms with Gasteiger partial charge in [-0.1, -0.05) is 39.7 Å². The first-order chi connectivity index (χ1) is 12.5. The van der Waals surface area contributed by atoms with Gasteiger partial charge in [0.05, 0.1) is 7.11 Å². The lowest BCUT2D eigenvalue weighted by atomic mass is 10.1. The van der Waals surface area contributed by atoms with Crippen LogP contribution < -0.4 is 14.8 Å². The summed E-state index contributed by atoms with van der Waals surface area (Å²) >= 11 is 9.58. The number of benzene rings is 2. The van der Waals surface area contributed by atoms with Crippen LogP contribution in [0.15, 0.2) is 40.9 Å². The van der Waals surface area contributed by atoms with E-state index in [1.165, 1.54) is 0 Å². The van der Waals surface area contributed by atoms with Crippen molar-refractivity contribution in [3.05, 3.63) is 57.0 Å². The third kappa shape index (κ3) is 6.47. The fourth-order valence-electron chi connectivity index (χ4n) is 2.54. The van der Waals surface area contributed by atoms with Crippen molar-refractivity contribution >= 4 is 27.5 Å². The minimum absolute atomic E-state index is 0.456. The van der Waals surface area contributed by atoms with Crippen LogP contribution in [0.3, 0.4) is 0 Å². The molecule has 1 N–H and O–H groups in total. The third-order valence-corrected chi connectivity index (χ3v) is 4.94. The molecular weight excluding hydrogens is 416 g/mol. The largest absolute Gasteiger partial charge is 0.493 e. The van der Waals surface area contributed by atoms with Gasteiger partial charge in [-0.2, -0.15) is 0 Å². The van der Waals surface area contributed by atoms with Gasteiger partial charge >= 0.3 is 0 Å². The fourth-order valence-corrected chi connectivity index (χ4v) is 3.11. The van der Waals surface area contributed by atoms with Crippen LogP contribution >= 0.6 is 27.5 Å². The topological polar surface area (TPSA) is 33.7 Å². The van der Waals surface area contributed by atoms with Crippen molar-refractivity contribution < 1.29 is 9.47 Å². The Morgan fingerprint density at radius 2 is 1.85 bits per heavy atom. The van der Waals surface area contributed by atoms with Gasteiger partial charge in [-0.25, -0.2) is 0 Å². The van der Waals surface area contributed by atoms with Gasteiger partial charge in [0.15, 0.2) is 11.5 Å². The minimum atomic E-state index is 0.456. The van der Waals surface area contributed by atoms with E-state index in [0.29, 0.717) is 13.2 Å². The number of hydrogen-bond acceptors (Lipinski definition) is 4. The highest BCUT2D eigenvalue weighted by atomic mass is 79.9. The molecule has 2 rings (SSSR count). The van der Waals surface area contributed by atoms with Crippen molar-refractivity contribution in [1.29, 1.82) is 0 Å². The molecule has 0 saturated heterocycles. The van der Waals surface area contributed by atoms with Gasteiger partial charge in [-0.15, -0.1) is 0 Å². The summed E-state index contributed by atoms with van der Waals surface area (Å²) in [6.07, 6.45) is 1.09. The molecule has 4 nitrogen and oxygen atoms in total.